The van der Waals surface area contributed by atoms with Crippen LogP contribution in [0.1, 0.15) is 18.7 Å². The first-order valence-electron chi connectivity index (χ1n) is 6.71. The van der Waals surface area contributed by atoms with Crippen LogP contribution in [0.4, 0.5) is 8.78 Å². The molecule has 1 fully saturated rings. The van der Waals surface area contributed by atoms with Crippen LogP contribution in [0.25, 0.3) is 11.0 Å². The quantitative estimate of drug-likeness (QED) is 0.794. The summed E-state index contributed by atoms with van der Waals surface area (Å²) >= 11 is 7.69. The number of alkyl halides is 1. The Bertz CT molecular complexity index is 623. The maximum absolute atomic E-state index is 14.1. The largest absolute Gasteiger partial charge is 0.324 e. The van der Waals surface area contributed by atoms with Crippen LogP contribution in [0.15, 0.2) is 12.1 Å². The van der Waals surface area contributed by atoms with E-state index in [-0.39, 0.29) is 5.52 Å². The van der Waals surface area contributed by atoms with Gasteiger partial charge in [0.05, 0.1) is 5.52 Å². The summed E-state index contributed by atoms with van der Waals surface area (Å²) in [5, 5.41) is 0.448. The minimum Gasteiger partial charge on any atom is -0.324 e. The van der Waals surface area contributed by atoms with Crippen LogP contribution >= 0.6 is 23.4 Å². The molecule has 1 aliphatic rings. The summed E-state index contributed by atoms with van der Waals surface area (Å²) in [5.74, 6) is 0.672. The number of thioether (sulfide) groups is 1. The molecule has 0 spiro atoms. The van der Waals surface area contributed by atoms with Gasteiger partial charge in [-0.05, 0) is 30.7 Å². The van der Waals surface area contributed by atoms with Gasteiger partial charge in [0.15, 0.2) is 11.6 Å². The zero-order valence-electron chi connectivity index (χ0n) is 10.9. The molecule has 1 atom stereocenters. The van der Waals surface area contributed by atoms with Gasteiger partial charge in [-0.2, -0.15) is 11.8 Å². The second-order valence-electron chi connectivity index (χ2n) is 4.94. The van der Waals surface area contributed by atoms with Crippen LogP contribution in [0, 0.1) is 11.6 Å². The zero-order valence-corrected chi connectivity index (χ0v) is 12.5. The lowest BCUT2D eigenvalue weighted by molar-refractivity contribution is 0.509. The van der Waals surface area contributed by atoms with Crippen molar-refractivity contribution in [2.24, 2.45) is 0 Å². The maximum Gasteiger partial charge on any atom is 0.184 e. The zero-order chi connectivity index (χ0) is 14.1. The number of rotatable bonds is 4. The highest BCUT2D eigenvalue weighted by Crippen LogP contribution is 2.30. The molecule has 1 saturated heterocycles. The number of benzene rings is 1. The molecular weight excluding hydrogens is 302 g/mol. The molecule has 1 unspecified atom stereocenters. The molecule has 0 radical (unpaired) electrons. The Morgan fingerprint density at radius 3 is 2.95 bits per heavy atom. The average molecular weight is 317 g/mol. The Kier molecular flexibility index (Phi) is 4.17. The van der Waals surface area contributed by atoms with Crippen molar-refractivity contribution < 1.29 is 8.78 Å². The summed E-state index contributed by atoms with van der Waals surface area (Å²) < 4.78 is 29.4. The molecule has 0 amide bonds. The number of hydrogen-bond donors (Lipinski definition) is 0. The summed E-state index contributed by atoms with van der Waals surface area (Å²) in [6.07, 6.45) is 2.86. The van der Waals surface area contributed by atoms with Gasteiger partial charge < -0.3 is 4.57 Å². The fourth-order valence-corrected chi connectivity index (χ4v) is 4.09. The van der Waals surface area contributed by atoms with Crippen molar-refractivity contribution in [3.8, 4) is 0 Å². The normalized spacial score (nSPS) is 19.1. The number of hydrogen-bond acceptors (Lipinski definition) is 2. The molecule has 108 valence electrons. The van der Waals surface area contributed by atoms with Crippen LogP contribution in [-0.4, -0.2) is 26.4 Å². The second kappa shape index (κ2) is 5.90. The molecule has 0 aliphatic carbocycles. The van der Waals surface area contributed by atoms with E-state index in [1.165, 1.54) is 12.5 Å². The van der Waals surface area contributed by atoms with Gasteiger partial charge in [-0.15, -0.1) is 11.6 Å². The Labute approximate surface area is 125 Å². The molecule has 2 nitrogen and oxygen atoms in total. The van der Waals surface area contributed by atoms with Gasteiger partial charge in [-0.1, -0.05) is 0 Å². The SMILES string of the molecule is Fc1ccc2nc(CCCl)n(CC3CCCS3)c2c1F. The van der Waals surface area contributed by atoms with E-state index < -0.39 is 11.6 Å². The van der Waals surface area contributed by atoms with Crippen molar-refractivity contribution in [3.05, 3.63) is 29.6 Å². The Morgan fingerprint density at radius 1 is 1.40 bits per heavy atom. The number of aromatic nitrogens is 2. The Hall–Kier alpha value is -0.810. The molecule has 6 heteroatoms. The van der Waals surface area contributed by atoms with E-state index in [1.54, 1.807) is 0 Å². The van der Waals surface area contributed by atoms with E-state index in [1.807, 2.05) is 16.3 Å². The van der Waals surface area contributed by atoms with E-state index in [2.05, 4.69) is 4.98 Å². The molecule has 0 saturated carbocycles. The summed E-state index contributed by atoms with van der Waals surface area (Å²) in [4.78, 5) is 4.41. The maximum atomic E-state index is 14.1. The van der Waals surface area contributed by atoms with Crippen LogP contribution in [0.3, 0.4) is 0 Å². The topological polar surface area (TPSA) is 17.8 Å². The first kappa shape index (κ1) is 14.1. The Balaban J connectivity index is 2.08. The third kappa shape index (κ3) is 2.53. The molecule has 20 heavy (non-hydrogen) atoms. The lowest BCUT2D eigenvalue weighted by Crippen LogP contribution is -2.14. The minimum absolute atomic E-state index is 0.276. The predicted molar refractivity (Wildman–Crippen MR) is 79.6 cm³/mol. The standard InChI is InChI=1S/C14H15ClF2N2S/c15-6-5-12-18-11-4-3-10(16)13(17)14(11)19(12)8-9-2-1-7-20-9/h3-4,9H,1-2,5-8H2. The second-order valence-corrected chi connectivity index (χ2v) is 6.73. The van der Waals surface area contributed by atoms with Gasteiger partial charge in [-0.25, -0.2) is 13.8 Å². The lowest BCUT2D eigenvalue weighted by Gasteiger charge is -2.13. The smallest absolute Gasteiger partial charge is 0.184 e. The molecule has 1 aliphatic heterocycles. The first-order chi connectivity index (χ1) is 9.70. The first-order valence-corrected chi connectivity index (χ1v) is 8.29. The number of nitrogens with zero attached hydrogens (tertiary/aromatic N) is 2. The molecular formula is C14H15ClF2N2S. The highest BCUT2D eigenvalue weighted by molar-refractivity contribution is 8.00. The van der Waals surface area contributed by atoms with Gasteiger partial charge in [0.1, 0.15) is 11.3 Å². The minimum atomic E-state index is -0.824. The van der Waals surface area contributed by atoms with E-state index in [0.717, 1.165) is 24.1 Å². The third-order valence-electron chi connectivity index (χ3n) is 3.61. The van der Waals surface area contributed by atoms with Crippen molar-refractivity contribution in [2.45, 2.75) is 31.1 Å². The van der Waals surface area contributed by atoms with Gasteiger partial charge in [-0.3, -0.25) is 0 Å². The molecule has 0 N–H and O–H groups in total. The fourth-order valence-electron chi connectivity index (χ4n) is 2.67. The van der Waals surface area contributed by atoms with E-state index in [9.17, 15) is 8.78 Å². The van der Waals surface area contributed by atoms with Crippen molar-refractivity contribution in [3.63, 3.8) is 0 Å². The van der Waals surface area contributed by atoms with Crippen molar-refractivity contribution in [1.82, 2.24) is 9.55 Å². The molecule has 1 aromatic heterocycles. The average Bonchev–Trinajstić information content (AvgIpc) is 3.04. The molecule has 0 bridgehead atoms. The van der Waals surface area contributed by atoms with E-state index in [4.69, 9.17) is 11.6 Å². The van der Waals surface area contributed by atoms with Crippen LogP contribution in [0.2, 0.25) is 0 Å². The number of halogens is 3. The van der Waals surface area contributed by atoms with Crippen molar-refractivity contribution >= 4 is 34.4 Å². The van der Waals surface area contributed by atoms with Gasteiger partial charge >= 0.3 is 0 Å². The predicted octanol–water partition coefficient (Wildman–Crippen LogP) is 3.99. The summed E-state index contributed by atoms with van der Waals surface area (Å²) in [6, 6.07) is 2.66. The third-order valence-corrected chi connectivity index (χ3v) is 5.18. The highest BCUT2D eigenvalue weighted by Gasteiger charge is 2.22. The van der Waals surface area contributed by atoms with Crippen LogP contribution < -0.4 is 0 Å². The van der Waals surface area contributed by atoms with Crippen LogP contribution in [0.5, 0.6) is 0 Å². The number of fused-ring (bicyclic) bond motifs is 1. The monoisotopic (exact) mass is 316 g/mol. The van der Waals surface area contributed by atoms with Gasteiger partial charge in [0, 0.05) is 24.1 Å². The number of aryl methyl sites for hydroxylation is 1. The van der Waals surface area contributed by atoms with E-state index in [0.29, 0.717) is 29.6 Å². The molecule has 2 heterocycles. The summed E-state index contributed by atoms with van der Waals surface area (Å²) in [5.41, 5.74) is 0.782. The molecule has 1 aromatic carbocycles. The number of imidazole rings is 1. The van der Waals surface area contributed by atoms with Gasteiger partial charge in [0.2, 0.25) is 0 Å². The lowest BCUT2D eigenvalue weighted by atomic mass is 10.2. The van der Waals surface area contributed by atoms with Crippen LogP contribution in [-0.2, 0) is 13.0 Å². The molecule has 2 aromatic rings. The van der Waals surface area contributed by atoms with E-state index >= 15 is 0 Å². The highest BCUT2D eigenvalue weighted by atomic mass is 35.5. The van der Waals surface area contributed by atoms with Crippen molar-refractivity contribution in [1.29, 1.82) is 0 Å². The summed E-state index contributed by atoms with van der Waals surface area (Å²) in [7, 11) is 0. The molecule has 3 rings (SSSR count). The van der Waals surface area contributed by atoms with Crippen molar-refractivity contribution in [2.75, 3.05) is 11.6 Å². The fraction of sp³-hybridized carbons (Fsp3) is 0.500. The van der Waals surface area contributed by atoms with Gasteiger partial charge in [0.25, 0.3) is 0 Å². The Morgan fingerprint density at radius 2 is 2.25 bits per heavy atom. The summed E-state index contributed by atoms with van der Waals surface area (Å²) in [6.45, 7) is 0.674.